The van der Waals surface area contributed by atoms with E-state index in [1.807, 2.05) is 0 Å². The Bertz CT molecular complexity index is 426. The van der Waals surface area contributed by atoms with Crippen LogP contribution in [0.4, 0.5) is 0 Å². The van der Waals surface area contributed by atoms with Gasteiger partial charge < -0.3 is 20.5 Å². The fourth-order valence-corrected chi connectivity index (χ4v) is 3.68. The highest BCUT2D eigenvalue weighted by Gasteiger charge is 2.64. The van der Waals surface area contributed by atoms with E-state index < -0.39 is 12.0 Å². The van der Waals surface area contributed by atoms with Gasteiger partial charge in [-0.15, -0.1) is 0 Å². The van der Waals surface area contributed by atoms with Gasteiger partial charge in [-0.3, -0.25) is 9.59 Å². The maximum atomic E-state index is 12.0. The lowest BCUT2D eigenvalue weighted by Crippen LogP contribution is -2.40. The third-order valence-electron chi connectivity index (χ3n) is 4.89. The van der Waals surface area contributed by atoms with E-state index in [1.165, 1.54) is 0 Å². The van der Waals surface area contributed by atoms with Crippen LogP contribution < -0.4 is 10.6 Å². The molecule has 0 radical (unpaired) electrons. The SMILES string of the molecule is O=C(O[C@@H]1C2CN[C@@H](C(=O)O)[C@H]21)[C@H]1NC[C@H]2C[C@H]21. The first-order valence-corrected chi connectivity index (χ1v) is 6.57. The summed E-state index contributed by atoms with van der Waals surface area (Å²) < 4.78 is 5.48. The fraction of sp³-hybridized carbons (Fsp3) is 0.833. The molecule has 2 aliphatic heterocycles. The molecule has 2 saturated heterocycles. The number of piperidine rings is 2. The van der Waals surface area contributed by atoms with Crippen LogP contribution in [0.1, 0.15) is 6.42 Å². The lowest BCUT2D eigenvalue weighted by molar-refractivity contribution is -0.150. The number of fused-ring (bicyclic) bond motifs is 2. The van der Waals surface area contributed by atoms with E-state index in [9.17, 15) is 9.59 Å². The predicted octanol–water partition coefficient (Wildman–Crippen LogP) is -1.19. The molecule has 0 bridgehead atoms. The molecule has 2 aliphatic carbocycles. The molecule has 0 amide bonds. The molecule has 6 nitrogen and oxygen atoms in total. The minimum absolute atomic E-state index is 0.0251. The summed E-state index contributed by atoms with van der Waals surface area (Å²) in [5, 5.41) is 15.1. The summed E-state index contributed by atoms with van der Waals surface area (Å²) in [4.78, 5) is 23.0. The van der Waals surface area contributed by atoms with Crippen LogP contribution in [0.3, 0.4) is 0 Å². The number of esters is 1. The van der Waals surface area contributed by atoms with E-state index in [4.69, 9.17) is 9.84 Å². The van der Waals surface area contributed by atoms with E-state index in [1.54, 1.807) is 0 Å². The zero-order valence-electron chi connectivity index (χ0n) is 9.83. The number of carbonyl (C=O) groups is 2. The van der Waals surface area contributed by atoms with Crippen LogP contribution in [-0.2, 0) is 14.3 Å². The van der Waals surface area contributed by atoms with Crippen molar-refractivity contribution >= 4 is 11.9 Å². The Labute approximate surface area is 104 Å². The van der Waals surface area contributed by atoms with Gasteiger partial charge in [0.2, 0.25) is 0 Å². The van der Waals surface area contributed by atoms with Crippen molar-refractivity contribution in [2.45, 2.75) is 24.6 Å². The molecule has 0 aromatic carbocycles. The molecule has 0 aromatic heterocycles. The van der Waals surface area contributed by atoms with E-state index in [2.05, 4.69) is 10.6 Å². The van der Waals surface area contributed by atoms with Crippen LogP contribution in [0.5, 0.6) is 0 Å². The normalized spacial score (nSPS) is 51.4. The largest absolute Gasteiger partial charge is 0.480 e. The molecule has 0 aromatic rings. The van der Waals surface area contributed by atoms with Gasteiger partial charge in [0, 0.05) is 18.4 Å². The van der Waals surface area contributed by atoms with Gasteiger partial charge in [0.25, 0.3) is 0 Å². The van der Waals surface area contributed by atoms with Crippen molar-refractivity contribution in [2.75, 3.05) is 13.1 Å². The summed E-state index contributed by atoms with van der Waals surface area (Å²) in [6.45, 7) is 1.56. The van der Waals surface area contributed by atoms with E-state index in [-0.39, 0.29) is 30.0 Å². The van der Waals surface area contributed by atoms with Crippen molar-refractivity contribution in [1.29, 1.82) is 0 Å². The average molecular weight is 252 g/mol. The fourth-order valence-electron chi connectivity index (χ4n) is 3.68. The molecule has 4 rings (SSSR count). The van der Waals surface area contributed by atoms with Crippen LogP contribution in [-0.4, -0.2) is 48.3 Å². The highest BCUT2D eigenvalue weighted by Crippen LogP contribution is 2.50. The average Bonchev–Trinajstić information content (AvgIpc) is 3.13. The number of hydrogen-bond donors (Lipinski definition) is 3. The van der Waals surface area contributed by atoms with E-state index >= 15 is 0 Å². The number of carboxylic acids is 1. The summed E-state index contributed by atoms with van der Waals surface area (Å²) >= 11 is 0. The third kappa shape index (κ3) is 1.42. The van der Waals surface area contributed by atoms with Crippen LogP contribution >= 0.6 is 0 Å². The maximum absolute atomic E-state index is 12.0. The summed E-state index contributed by atoms with van der Waals surface area (Å²) in [6.07, 6.45) is 0.948. The Morgan fingerprint density at radius 2 is 1.89 bits per heavy atom. The quantitative estimate of drug-likeness (QED) is 0.547. The van der Waals surface area contributed by atoms with Crippen molar-refractivity contribution in [2.24, 2.45) is 23.7 Å². The van der Waals surface area contributed by atoms with Gasteiger partial charge in [-0.05, 0) is 24.8 Å². The zero-order valence-corrected chi connectivity index (χ0v) is 9.83. The Hall–Kier alpha value is -1.14. The Morgan fingerprint density at radius 1 is 1.11 bits per heavy atom. The molecule has 3 N–H and O–H groups in total. The van der Waals surface area contributed by atoms with Crippen molar-refractivity contribution in [3.05, 3.63) is 0 Å². The summed E-state index contributed by atoms with van der Waals surface area (Å²) in [6, 6.07) is -0.689. The standard InChI is InChI=1S/C12H16N2O4/c15-11(16)9-7-6(3-14-9)10(7)18-12(17)8-5-1-4(5)2-13-8/h4-10,13-14H,1-3H2,(H,15,16)/t4-,5-,6?,7+,8+,9-,10-/m1/s1. The molecule has 18 heavy (non-hydrogen) atoms. The number of nitrogens with one attached hydrogen (secondary N) is 2. The summed E-state index contributed by atoms with van der Waals surface area (Å²) in [5.41, 5.74) is 0. The Morgan fingerprint density at radius 3 is 2.50 bits per heavy atom. The highest BCUT2D eigenvalue weighted by molar-refractivity contribution is 5.79. The van der Waals surface area contributed by atoms with Crippen LogP contribution in [0.2, 0.25) is 0 Å². The first kappa shape index (κ1) is 10.8. The lowest BCUT2D eigenvalue weighted by atomic mass is 10.2. The molecule has 4 fully saturated rings. The number of carbonyl (C=O) groups excluding carboxylic acids is 1. The molecule has 2 saturated carbocycles. The Kier molecular flexibility index (Phi) is 2.06. The minimum atomic E-state index is -0.845. The van der Waals surface area contributed by atoms with Gasteiger partial charge >= 0.3 is 11.9 Å². The van der Waals surface area contributed by atoms with E-state index in [0.29, 0.717) is 18.4 Å². The summed E-state index contributed by atoms with van der Waals surface area (Å²) in [5.74, 6) is 0.277. The highest BCUT2D eigenvalue weighted by atomic mass is 16.6. The topological polar surface area (TPSA) is 87.7 Å². The van der Waals surface area contributed by atoms with Gasteiger partial charge in [-0.1, -0.05) is 0 Å². The lowest BCUT2D eigenvalue weighted by Gasteiger charge is -2.15. The molecular weight excluding hydrogens is 236 g/mol. The van der Waals surface area contributed by atoms with Crippen LogP contribution in [0.15, 0.2) is 0 Å². The number of hydrogen-bond acceptors (Lipinski definition) is 5. The first-order chi connectivity index (χ1) is 8.66. The van der Waals surface area contributed by atoms with Crippen molar-refractivity contribution in [3.8, 4) is 0 Å². The molecule has 98 valence electrons. The van der Waals surface area contributed by atoms with Crippen molar-refractivity contribution < 1.29 is 19.4 Å². The molecule has 4 aliphatic rings. The van der Waals surface area contributed by atoms with Gasteiger partial charge in [0.1, 0.15) is 18.2 Å². The smallest absolute Gasteiger partial charge is 0.323 e. The number of carboxylic acid groups (broad SMARTS) is 1. The van der Waals surface area contributed by atoms with Gasteiger partial charge in [0.05, 0.1) is 0 Å². The Balaban J connectivity index is 1.37. The van der Waals surface area contributed by atoms with Gasteiger partial charge in [-0.2, -0.15) is 0 Å². The minimum Gasteiger partial charge on any atom is -0.480 e. The molecule has 0 spiro atoms. The molecule has 2 heterocycles. The predicted molar refractivity (Wildman–Crippen MR) is 59.7 cm³/mol. The number of rotatable bonds is 3. The maximum Gasteiger partial charge on any atom is 0.323 e. The second-order valence-electron chi connectivity index (χ2n) is 5.91. The second kappa shape index (κ2) is 3.45. The third-order valence-corrected chi connectivity index (χ3v) is 4.89. The number of aliphatic carboxylic acids is 1. The van der Waals surface area contributed by atoms with Gasteiger partial charge in [0.15, 0.2) is 0 Å². The zero-order chi connectivity index (χ0) is 12.4. The van der Waals surface area contributed by atoms with Crippen LogP contribution in [0, 0.1) is 23.7 Å². The number of ether oxygens (including phenoxy) is 1. The molecule has 6 heteroatoms. The van der Waals surface area contributed by atoms with Crippen LogP contribution in [0.25, 0.3) is 0 Å². The van der Waals surface area contributed by atoms with Crippen molar-refractivity contribution in [3.63, 3.8) is 0 Å². The molecule has 1 unspecified atom stereocenters. The van der Waals surface area contributed by atoms with Gasteiger partial charge in [-0.25, -0.2) is 0 Å². The van der Waals surface area contributed by atoms with Crippen molar-refractivity contribution in [1.82, 2.24) is 10.6 Å². The first-order valence-electron chi connectivity index (χ1n) is 6.57. The second-order valence-corrected chi connectivity index (χ2v) is 5.91. The monoisotopic (exact) mass is 252 g/mol. The summed E-state index contributed by atoms with van der Waals surface area (Å²) in [7, 11) is 0. The molecular formula is C12H16N2O4. The van der Waals surface area contributed by atoms with E-state index in [0.717, 1.165) is 13.0 Å². The molecule has 7 atom stereocenters.